The zero-order chi connectivity index (χ0) is 14.8. The highest BCUT2D eigenvalue weighted by atomic mass is 35.5. The summed E-state index contributed by atoms with van der Waals surface area (Å²) in [5.41, 5.74) is 2.04. The SMILES string of the molecule is CC1CN(C(=O)c2cn[nH]c2-c2ccccc2Cl)CCN1.Cl. The van der Waals surface area contributed by atoms with Gasteiger partial charge >= 0.3 is 0 Å². The normalized spacial score (nSPS) is 17.9. The fourth-order valence-electron chi connectivity index (χ4n) is 2.60. The fraction of sp³-hybridized carbons (Fsp3) is 0.333. The van der Waals surface area contributed by atoms with Gasteiger partial charge in [-0.1, -0.05) is 29.8 Å². The second-order valence-corrected chi connectivity index (χ2v) is 5.65. The molecule has 2 heterocycles. The van der Waals surface area contributed by atoms with Crippen molar-refractivity contribution in [2.75, 3.05) is 19.6 Å². The van der Waals surface area contributed by atoms with Crippen LogP contribution in [0.1, 0.15) is 17.3 Å². The summed E-state index contributed by atoms with van der Waals surface area (Å²) in [6.45, 7) is 4.29. The molecule has 118 valence electrons. The van der Waals surface area contributed by atoms with Gasteiger partial charge in [0.05, 0.1) is 17.5 Å². The summed E-state index contributed by atoms with van der Waals surface area (Å²) < 4.78 is 0. The lowest BCUT2D eigenvalue weighted by Gasteiger charge is -2.31. The Balaban J connectivity index is 0.00000176. The van der Waals surface area contributed by atoms with E-state index in [1.807, 2.05) is 23.1 Å². The van der Waals surface area contributed by atoms with Gasteiger partial charge in [0.15, 0.2) is 0 Å². The highest BCUT2D eigenvalue weighted by molar-refractivity contribution is 6.33. The third-order valence-electron chi connectivity index (χ3n) is 3.67. The number of hydrogen-bond acceptors (Lipinski definition) is 3. The summed E-state index contributed by atoms with van der Waals surface area (Å²) in [5.74, 6) is -0.00739. The summed E-state index contributed by atoms with van der Waals surface area (Å²) in [5, 5.41) is 10.9. The molecule has 1 unspecified atom stereocenters. The number of halogens is 2. The Kier molecular flexibility index (Phi) is 5.45. The molecule has 5 nitrogen and oxygen atoms in total. The zero-order valence-corrected chi connectivity index (χ0v) is 13.7. The summed E-state index contributed by atoms with van der Waals surface area (Å²) in [6, 6.07) is 7.75. The Hall–Kier alpha value is -1.56. The number of aromatic nitrogens is 2. The minimum atomic E-state index is -0.00739. The van der Waals surface area contributed by atoms with Gasteiger partial charge in [0.2, 0.25) is 0 Å². The lowest BCUT2D eigenvalue weighted by atomic mass is 10.1. The summed E-state index contributed by atoms with van der Waals surface area (Å²) in [6.07, 6.45) is 1.58. The van der Waals surface area contributed by atoms with Crippen LogP contribution in [-0.4, -0.2) is 46.7 Å². The first kappa shape index (κ1) is 16.8. The van der Waals surface area contributed by atoms with E-state index in [0.29, 0.717) is 35.4 Å². The van der Waals surface area contributed by atoms with E-state index >= 15 is 0 Å². The minimum Gasteiger partial charge on any atom is -0.336 e. The Morgan fingerprint density at radius 1 is 1.41 bits per heavy atom. The van der Waals surface area contributed by atoms with Crippen LogP contribution in [0.25, 0.3) is 11.3 Å². The number of amides is 1. The van der Waals surface area contributed by atoms with E-state index < -0.39 is 0 Å². The van der Waals surface area contributed by atoms with Crippen LogP contribution in [0.3, 0.4) is 0 Å². The lowest BCUT2D eigenvalue weighted by molar-refractivity contribution is 0.0710. The average Bonchev–Trinajstić information content (AvgIpc) is 2.96. The summed E-state index contributed by atoms with van der Waals surface area (Å²) >= 11 is 6.22. The highest BCUT2D eigenvalue weighted by Gasteiger charge is 2.25. The van der Waals surface area contributed by atoms with Crippen molar-refractivity contribution in [3.8, 4) is 11.3 Å². The van der Waals surface area contributed by atoms with Crippen LogP contribution in [0.4, 0.5) is 0 Å². The van der Waals surface area contributed by atoms with Gasteiger partial charge in [-0.3, -0.25) is 9.89 Å². The second-order valence-electron chi connectivity index (χ2n) is 5.24. The minimum absolute atomic E-state index is 0. The molecule has 1 aromatic carbocycles. The number of carbonyl (C=O) groups is 1. The Bertz CT molecular complexity index is 658. The predicted molar refractivity (Wildman–Crippen MR) is 89.6 cm³/mol. The number of benzene rings is 1. The number of aromatic amines is 1. The van der Waals surface area contributed by atoms with Crippen LogP contribution in [0, 0.1) is 0 Å². The van der Waals surface area contributed by atoms with Gasteiger partial charge in [-0.25, -0.2) is 0 Å². The van der Waals surface area contributed by atoms with Gasteiger partial charge in [0.25, 0.3) is 5.91 Å². The molecule has 2 aromatic rings. The summed E-state index contributed by atoms with van der Waals surface area (Å²) in [7, 11) is 0. The molecule has 1 aliphatic heterocycles. The number of piperazine rings is 1. The van der Waals surface area contributed by atoms with Crippen molar-refractivity contribution in [1.82, 2.24) is 20.4 Å². The highest BCUT2D eigenvalue weighted by Crippen LogP contribution is 2.29. The van der Waals surface area contributed by atoms with E-state index in [1.165, 1.54) is 0 Å². The van der Waals surface area contributed by atoms with Crippen molar-refractivity contribution in [2.45, 2.75) is 13.0 Å². The van der Waals surface area contributed by atoms with Crippen LogP contribution in [0.15, 0.2) is 30.5 Å². The van der Waals surface area contributed by atoms with Crippen LogP contribution >= 0.6 is 24.0 Å². The van der Waals surface area contributed by atoms with E-state index in [2.05, 4.69) is 22.4 Å². The molecule has 1 atom stereocenters. The Morgan fingerprint density at radius 3 is 2.91 bits per heavy atom. The molecule has 3 rings (SSSR count). The van der Waals surface area contributed by atoms with Crippen LogP contribution < -0.4 is 5.32 Å². The first-order valence-electron chi connectivity index (χ1n) is 6.97. The van der Waals surface area contributed by atoms with Gasteiger partial charge in [-0.2, -0.15) is 5.10 Å². The monoisotopic (exact) mass is 340 g/mol. The Morgan fingerprint density at radius 2 is 2.18 bits per heavy atom. The number of hydrogen-bond donors (Lipinski definition) is 2. The van der Waals surface area contributed by atoms with Gasteiger partial charge in [0.1, 0.15) is 0 Å². The maximum atomic E-state index is 12.7. The molecule has 2 N–H and O–H groups in total. The quantitative estimate of drug-likeness (QED) is 0.883. The topological polar surface area (TPSA) is 61.0 Å². The van der Waals surface area contributed by atoms with Crippen molar-refractivity contribution in [1.29, 1.82) is 0 Å². The maximum Gasteiger partial charge on any atom is 0.257 e. The van der Waals surface area contributed by atoms with Crippen molar-refractivity contribution < 1.29 is 4.79 Å². The number of carbonyl (C=O) groups excluding carboxylic acids is 1. The smallest absolute Gasteiger partial charge is 0.257 e. The van der Waals surface area contributed by atoms with Crippen molar-refractivity contribution in [3.05, 3.63) is 41.0 Å². The van der Waals surface area contributed by atoms with Gasteiger partial charge in [-0.05, 0) is 13.0 Å². The standard InChI is InChI=1S/C15H17ClN4O.ClH/c1-10-9-20(7-6-17-10)15(21)12-8-18-19-14(12)11-4-2-3-5-13(11)16;/h2-5,8,10,17H,6-7,9H2,1H3,(H,18,19);1H. The molecule has 1 saturated heterocycles. The second kappa shape index (κ2) is 7.13. The molecule has 0 bridgehead atoms. The van der Waals surface area contributed by atoms with Crippen molar-refractivity contribution >= 4 is 29.9 Å². The first-order chi connectivity index (χ1) is 10.2. The Labute approximate surface area is 140 Å². The average molecular weight is 341 g/mol. The summed E-state index contributed by atoms with van der Waals surface area (Å²) in [4.78, 5) is 14.6. The number of nitrogens with one attached hydrogen (secondary N) is 2. The van der Waals surface area contributed by atoms with Crippen molar-refractivity contribution in [2.24, 2.45) is 0 Å². The third-order valence-corrected chi connectivity index (χ3v) is 4.00. The molecule has 1 amide bonds. The molecule has 1 aromatic heterocycles. The van der Waals surface area contributed by atoms with Crippen LogP contribution in [-0.2, 0) is 0 Å². The lowest BCUT2D eigenvalue weighted by Crippen LogP contribution is -2.51. The molecule has 0 aliphatic carbocycles. The van der Waals surface area contributed by atoms with Crippen LogP contribution in [0.2, 0.25) is 5.02 Å². The molecule has 0 spiro atoms. The number of nitrogens with zero attached hydrogens (tertiary/aromatic N) is 2. The molecule has 0 radical (unpaired) electrons. The van der Waals surface area contributed by atoms with Crippen molar-refractivity contribution in [3.63, 3.8) is 0 Å². The molecular formula is C15H18Cl2N4O. The van der Waals surface area contributed by atoms with E-state index in [-0.39, 0.29) is 18.3 Å². The van der Waals surface area contributed by atoms with Crippen LogP contribution in [0.5, 0.6) is 0 Å². The predicted octanol–water partition coefficient (Wildman–Crippen LogP) is 2.59. The number of H-pyrrole nitrogens is 1. The van der Waals surface area contributed by atoms with E-state index in [0.717, 1.165) is 12.1 Å². The van der Waals surface area contributed by atoms with Gasteiger partial charge in [0, 0.05) is 36.3 Å². The molecule has 1 fully saturated rings. The maximum absolute atomic E-state index is 12.7. The molecular weight excluding hydrogens is 323 g/mol. The van der Waals surface area contributed by atoms with E-state index in [4.69, 9.17) is 11.6 Å². The van der Waals surface area contributed by atoms with Gasteiger partial charge in [-0.15, -0.1) is 12.4 Å². The van der Waals surface area contributed by atoms with E-state index in [1.54, 1.807) is 12.3 Å². The number of rotatable bonds is 2. The molecule has 0 saturated carbocycles. The molecule has 7 heteroatoms. The molecule has 1 aliphatic rings. The molecule has 22 heavy (non-hydrogen) atoms. The third kappa shape index (κ3) is 3.27. The zero-order valence-electron chi connectivity index (χ0n) is 12.2. The first-order valence-corrected chi connectivity index (χ1v) is 7.35. The van der Waals surface area contributed by atoms with E-state index in [9.17, 15) is 4.79 Å². The largest absolute Gasteiger partial charge is 0.336 e. The van der Waals surface area contributed by atoms with Gasteiger partial charge < -0.3 is 10.2 Å². The fourth-order valence-corrected chi connectivity index (χ4v) is 2.83.